The van der Waals surface area contributed by atoms with Gasteiger partial charge in [-0.15, -0.1) is 0 Å². The van der Waals surface area contributed by atoms with E-state index in [0.717, 1.165) is 38.0 Å². The molecule has 148 valence electrons. The van der Waals surface area contributed by atoms with Gasteiger partial charge in [0.1, 0.15) is 12.4 Å². The van der Waals surface area contributed by atoms with Crippen molar-refractivity contribution in [3.05, 3.63) is 29.8 Å². The Morgan fingerprint density at radius 1 is 1.19 bits per heavy atom. The van der Waals surface area contributed by atoms with Crippen molar-refractivity contribution in [1.29, 1.82) is 0 Å². The van der Waals surface area contributed by atoms with Crippen molar-refractivity contribution in [3.63, 3.8) is 0 Å². The number of benzene rings is 1. The third kappa shape index (κ3) is 5.60. The number of nitrogens with one attached hydrogen (secondary N) is 1. The van der Waals surface area contributed by atoms with Crippen molar-refractivity contribution in [2.75, 3.05) is 32.9 Å². The van der Waals surface area contributed by atoms with E-state index in [1.165, 1.54) is 0 Å². The standard InChI is InChI=1S/C20H28N2O5/c1-2-25-20(24)22-11-9-16(10-12-22)21-19(23)15-5-7-17(8-6-15)27-14-18-4-3-13-26-18/h5-8,16,18H,2-4,9-14H2,1H3,(H,21,23)/t18-/m0/s1. The Bertz CT molecular complexity index is 620. The molecule has 0 unspecified atom stereocenters. The van der Waals surface area contributed by atoms with E-state index in [9.17, 15) is 9.59 Å². The summed E-state index contributed by atoms with van der Waals surface area (Å²) in [6, 6.07) is 7.24. The molecule has 3 rings (SSSR count). The van der Waals surface area contributed by atoms with Gasteiger partial charge in [-0.25, -0.2) is 4.79 Å². The summed E-state index contributed by atoms with van der Waals surface area (Å²) in [6.45, 7) is 4.72. The Morgan fingerprint density at radius 3 is 2.56 bits per heavy atom. The molecule has 0 bridgehead atoms. The van der Waals surface area contributed by atoms with Crippen LogP contribution in [0.3, 0.4) is 0 Å². The lowest BCUT2D eigenvalue weighted by Crippen LogP contribution is -2.46. The molecule has 2 aliphatic heterocycles. The highest BCUT2D eigenvalue weighted by atomic mass is 16.6. The molecule has 2 fully saturated rings. The second-order valence-electron chi connectivity index (χ2n) is 6.90. The molecular weight excluding hydrogens is 348 g/mol. The first kappa shape index (κ1) is 19.5. The lowest BCUT2D eigenvalue weighted by atomic mass is 10.0. The Hall–Kier alpha value is -2.28. The largest absolute Gasteiger partial charge is 0.491 e. The third-order valence-electron chi connectivity index (χ3n) is 4.93. The summed E-state index contributed by atoms with van der Waals surface area (Å²) >= 11 is 0. The second kappa shape index (κ2) is 9.60. The normalized spacial score (nSPS) is 20.3. The number of hydrogen-bond donors (Lipinski definition) is 1. The number of ether oxygens (including phenoxy) is 3. The van der Waals surface area contributed by atoms with E-state index in [0.29, 0.717) is 31.9 Å². The van der Waals surface area contributed by atoms with Crippen LogP contribution in [0, 0.1) is 0 Å². The van der Waals surface area contributed by atoms with Gasteiger partial charge in [0, 0.05) is 31.3 Å². The quantitative estimate of drug-likeness (QED) is 0.826. The summed E-state index contributed by atoms with van der Waals surface area (Å²) in [7, 11) is 0. The zero-order valence-corrected chi connectivity index (χ0v) is 15.8. The second-order valence-corrected chi connectivity index (χ2v) is 6.90. The monoisotopic (exact) mass is 376 g/mol. The van der Waals surface area contributed by atoms with E-state index in [2.05, 4.69) is 5.32 Å². The molecule has 0 spiro atoms. The van der Waals surface area contributed by atoms with Gasteiger partial charge >= 0.3 is 6.09 Å². The Balaban J connectivity index is 1.42. The maximum absolute atomic E-state index is 12.4. The summed E-state index contributed by atoms with van der Waals surface area (Å²) in [5.41, 5.74) is 0.604. The van der Waals surface area contributed by atoms with E-state index in [4.69, 9.17) is 14.2 Å². The van der Waals surface area contributed by atoms with Crippen molar-refractivity contribution in [1.82, 2.24) is 10.2 Å². The van der Waals surface area contributed by atoms with E-state index < -0.39 is 0 Å². The van der Waals surface area contributed by atoms with E-state index in [1.807, 2.05) is 12.1 Å². The fourth-order valence-corrected chi connectivity index (χ4v) is 3.36. The average Bonchev–Trinajstić information content (AvgIpc) is 3.21. The molecule has 0 aliphatic carbocycles. The molecule has 2 heterocycles. The minimum absolute atomic E-state index is 0.0682. The molecule has 27 heavy (non-hydrogen) atoms. The number of piperidine rings is 1. The van der Waals surface area contributed by atoms with Gasteiger partial charge in [0.2, 0.25) is 0 Å². The molecule has 1 aromatic carbocycles. The maximum atomic E-state index is 12.4. The first-order valence-corrected chi connectivity index (χ1v) is 9.72. The van der Waals surface area contributed by atoms with Gasteiger partial charge in [0.25, 0.3) is 5.91 Å². The maximum Gasteiger partial charge on any atom is 0.409 e. The molecule has 2 saturated heterocycles. The van der Waals surface area contributed by atoms with E-state index >= 15 is 0 Å². The Morgan fingerprint density at radius 2 is 1.93 bits per heavy atom. The first-order chi connectivity index (χ1) is 13.2. The number of nitrogens with zero attached hydrogens (tertiary/aromatic N) is 1. The number of amides is 2. The predicted octanol–water partition coefficient (Wildman–Crippen LogP) is 2.60. The fraction of sp³-hybridized carbons (Fsp3) is 0.600. The Kier molecular flexibility index (Phi) is 6.92. The van der Waals surface area contributed by atoms with Gasteiger partial charge in [-0.3, -0.25) is 4.79 Å². The van der Waals surface area contributed by atoms with Crippen LogP contribution in [0.4, 0.5) is 4.79 Å². The number of likely N-dealkylation sites (tertiary alicyclic amines) is 1. The molecule has 2 aliphatic rings. The van der Waals surface area contributed by atoms with Crippen LogP contribution in [0.25, 0.3) is 0 Å². The minimum Gasteiger partial charge on any atom is -0.491 e. The summed E-state index contributed by atoms with van der Waals surface area (Å²) < 4.78 is 16.3. The highest BCUT2D eigenvalue weighted by Crippen LogP contribution is 2.17. The SMILES string of the molecule is CCOC(=O)N1CCC(NC(=O)c2ccc(OC[C@@H]3CCCO3)cc2)CC1. The van der Waals surface area contributed by atoms with Crippen molar-refractivity contribution in [2.45, 2.75) is 44.8 Å². The van der Waals surface area contributed by atoms with Crippen LogP contribution >= 0.6 is 0 Å². The smallest absolute Gasteiger partial charge is 0.409 e. The number of carbonyl (C=O) groups is 2. The van der Waals surface area contributed by atoms with Crippen LogP contribution < -0.4 is 10.1 Å². The molecule has 1 atom stereocenters. The van der Waals surface area contributed by atoms with Crippen LogP contribution in [0.5, 0.6) is 5.75 Å². The predicted molar refractivity (Wildman–Crippen MR) is 100.0 cm³/mol. The zero-order valence-electron chi connectivity index (χ0n) is 15.8. The first-order valence-electron chi connectivity index (χ1n) is 9.72. The Labute approximate surface area is 160 Å². The van der Waals surface area contributed by atoms with Crippen molar-refractivity contribution in [2.24, 2.45) is 0 Å². The average molecular weight is 376 g/mol. The van der Waals surface area contributed by atoms with Gasteiger partial charge in [-0.1, -0.05) is 0 Å². The van der Waals surface area contributed by atoms with Gasteiger partial charge in [0.15, 0.2) is 0 Å². The van der Waals surface area contributed by atoms with Crippen LogP contribution in [0.15, 0.2) is 24.3 Å². The fourth-order valence-electron chi connectivity index (χ4n) is 3.36. The summed E-state index contributed by atoms with van der Waals surface area (Å²) in [5.74, 6) is 0.639. The van der Waals surface area contributed by atoms with Gasteiger partial charge < -0.3 is 24.4 Å². The summed E-state index contributed by atoms with van der Waals surface area (Å²) in [6.07, 6.45) is 3.48. The molecule has 1 aromatic rings. The van der Waals surface area contributed by atoms with Crippen molar-refractivity contribution >= 4 is 12.0 Å². The topological polar surface area (TPSA) is 77.1 Å². The van der Waals surface area contributed by atoms with E-state index in [-0.39, 0.29) is 24.1 Å². The third-order valence-corrected chi connectivity index (χ3v) is 4.93. The minimum atomic E-state index is -0.277. The molecule has 0 aromatic heterocycles. The molecule has 0 saturated carbocycles. The van der Waals surface area contributed by atoms with Crippen LogP contribution in [0.2, 0.25) is 0 Å². The lowest BCUT2D eigenvalue weighted by Gasteiger charge is -2.31. The van der Waals surface area contributed by atoms with Crippen LogP contribution in [-0.4, -0.2) is 62.0 Å². The molecule has 2 amide bonds. The zero-order chi connectivity index (χ0) is 19.1. The van der Waals surface area contributed by atoms with Crippen LogP contribution in [-0.2, 0) is 9.47 Å². The van der Waals surface area contributed by atoms with Gasteiger partial charge in [0.05, 0.1) is 12.7 Å². The summed E-state index contributed by atoms with van der Waals surface area (Å²) in [4.78, 5) is 25.8. The van der Waals surface area contributed by atoms with Gasteiger partial charge in [-0.2, -0.15) is 0 Å². The molecule has 7 nitrogen and oxygen atoms in total. The highest BCUT2D eigenvalue weighted by Gasteiger charge is 2.24. The van der Waals surface area contributed by atoms with E-state index in [1.54, 1.807) is 24.0 Å². The number of hydrogen-bond acceptors (Lipinski definition) is 5. The molecule has 0 radical (unpaired) electrons. The highest BCUT2D eigenvalue weighted by molar-refractivity contribution is 5.94. The van der Waals surface area contributed by atoms with Crippen molar-refractivity contribution in [3.8, 4) is 5.75 Å². The molecule has 7 heteroatoms. The van der Waals surface area contributed by atoms with Crippen LogP contribution in [0.1, 0.15) is 43.0 Å². The number of rotatable bonds is 6. The number of carbonyl (C=O) groups excluding carboxylic acids is 2. The summed E-state index contributed by atoms with van der Waals surface area (Å²) in [5, 5.41) is 3.04. The van der Waals surface area contributed by atoms with Crippen molar-refractivity contribution < 1.29 is 23.8 Å². The van der Waals surface area contributed by atoms with Gasteiger partial charge in [-0.05, 0) is 56.9 Å². The lowest BCUT2D eigenvalue weighted by molar-refractivity contribution is 0.0679. The molecular formula is C20H28N2O5. The molecule has 1 N–H and O–H groups in total.